The minimum Gasteiger partial charge on any atom is -0.337 e. The summed E-state index contributed by atoms with van der Waals surface area (Å²) in [5.74, 6) is 0.0254. The molecule has 0 aromatic carbocycles. The quantitative estimate of drug-likeness (QED) is 0.844. The van der Waals surface area contributed by atoms with Gasteiger partial charge in [-0.25, -0.2) is 9.97 Å². The Balaban J connectivity index is 1.37. The fourth-order valence-corrected chi connectivity index (χ4v) is 4.73. The van der Waals surface area contributed by atoms with Gasteiger partial charge in [-0.05, 0) is 44.2 Å². The van der Waals surface area contributed by atoms with Gasteiger partial charge in [-0.2, -0.15) is 0 Å². The Hall–Kier alpha value is -1.86. The smallest absolute Gasteiger partial charge is 0.274 e. The predicted molar refractivity (Wildman–Crippen MR) is 96.2 cm³/mol. The number of hydrogen-bond acceptors (Lipinski definition) is 6. The molecule has 1 amide bonds. The Morgan fingerprint density at radius 3 is 2.72 bits per heavy atom. The predicted octanol–water partition coefficient (Wildman–Crippen LogP) is 2.45. The highest BCUT2D eigenvalue weighted by Gasteiger charge is 2.40. The van der Waals surface area contributed by atoms with E-state index in [0.29, 0.717) is 5.69 Å². The number of nitrogens with zero attached hydrogens (tertiary/aromatic N) is 5. The maximum Gasteiger partial charge on any atom is 0.274 e. The highest BCUT2D eigenvalue weighted by molar-refractivity contribution is 7.09. The van der Waals surface area contributed by atoms with Gasteiger partial charge in [-0.1, -0.05) is 0 Å². The van der Waals surface area contributed by atoms with Crippen LogP contribution in [-0.4, -0.2) is 56.8 Å². The Bertz CT molecular complexity index is 698. The average Bonchev–Trinajstić information content (AvgIpc) is 3.17. The second-order valence-corrected chi connectivity index (χ2v) is 8.10. The van der Waals surface area contributed by atoms with Crippen LogP contribution in [0.3, 0.4) is 0 Å². The van der Waals surface area contributed by atoms with E-state index in [0.717, 1.165) is 52.0 Å². The summed E-state index contributed by atoms with van der Waals surface area (Å²) in [6, 6.07) is 0. The number of rotatable bonds is 3. The van der Waals surface area contributed by atoms with E-state index in [1.807, 2.05) is 16.5 Å². The summed E-state index contributed by atoms with van der Waals surface area (Å²) in [5.41, 5.74) is 0.732. The van der Waals surface area contributed by atoms with E-state index in [1.54, 1.807) is 29.9 Å². The van der Waals surface area contributed by atoms with Gasteiger partial charge in [0.15, 0.2) is 0 Å². The lowest BCUT2D eigenvalue weighted by Gasteiger charge is -2.47. The molecule has 2 aromatic heterocycles. The van der Waals surface area contributed by atoms with Gasteiger partial charge in [-0.15, -0.1) is 11.3 Å². The Morgan fingerprint density at radius 2 is 2.00 bits per heavy atom. The molecule has 0 radical (unpaired) electrons. The summed E-state index contributed by atoms with van der Waals surface area (Å²) in [6.45, 7) is 4.82. The van der Waals surface area contributed by atoms with Crippen LogP contribution in [0.4, 0.5) is 0 Å². The summed E-state index contributed by atoms with van der Waals surface area (Å²) in [5, 5.41) is 3.23. The first-order valence-electron chi connectivity index (χ1n) is 8.90. The zero-order valence-electron chi connectivity index (χ0n) is 14.3. The van der Waals surface area contributed by atoms with E-state index in [4.69, 9.17) is 0 Å². The van der Waals surface area contributed by atoms with Gasteiger partial charge in [0.05, 0.1) is 12.7 Å². The van der Waals surface area contributed by atoms with Gasteiger partial charge >= 0.3 is 0 Å². The topological polar surface area (TPSA) is 62.2 Å². The van der Waals surface area contributed by atoms with Crippen LogP contribution in [0.15, 0.2) is 30.2 Å². The lowest BCUT2D eigenvalue weighted by Crippen LogP contribution is -2.51. The molecule has 0 N–H and O–H groups in total. The molecule has 0 bridgehead atoms. The Morgan fingerprint density at radius 1 is 1.12 bits per heavy atom. The molecule has 2 saturated heterocycles. The van der Waals surface area contributed by atoms with E-state index in [2.05, 4.69) is 19.9 Å². The summed E-state index contributed by atoms with van der Waals surface area (Å²) in [7, 11) is 0. The highest BCUT2D eigenvalue weighted by Crippen LogP contribution is 2.40. The fourth-order valence-electron chi connectivity index (χ4n) is 4.07. The maximum atomic E-state index is 12.7. The summed E-state index contributed by atoms with van der Waals surface area (Å²) in [6.07, 6.45) is 11.3. The molecule has 132 valence electrons. The van der Waals surface area contributed by atoms with Gasteiger partial charge in [-0.3, -0.25) is 14.7 Å². The van der Waals surface area contributed by atoms with E-state index >= 15 is 0 Å². The first-order chi connectivity index (χ1) is 12.2. The van der Waals surface area contributed by atoms with Crippen molar-refractivity contribution in [1.82, 2.24) is 24.8 Å². The van der Waals surface area contributed by atoms with Gasteiger partial charge < -0.3 is 4.90 Å². The molecule has 7 heteroatoms. The molecule has 2 fully saturated rings. The minimum atomic E-state index is 0.0254. The number of carbonyl (C=O) groups excluding carboxylic acids is 1. The number of piperidine rings is 2. The first kappa shape index (κ1) is 16.6. The summed E-state index contributed by atoms with van der Waals surface area (Å²) < 4.78 is 0. The molecular weight excluding hydrogens is 334 g/mol. The van der Waals surface area contributed by atoms with Gasteiger partial charge in [0, 0.05) is 37.1 Å². The molecule has 2 aliphatic heterocycles. The summed E-state index contributed by atoms with van der Waals surface area (Å²) >= 11 is 1.73. The van der Waals surface area contributed by atoms with Crippen molar-refractivity contribution in [2.45, 2.75) is 32.2 Å². The SMILES string of the molecule is O=C(c1cnccn1)N1CCCC2(CCN(Cc3nccs3)CC2)C1. The molecule has 4 rings (SSSR count). The van der Waals surface area contributed by atoms with Crippen molar-refractivity contribution in [3.05, 3.63) is 40.9 Å². The normalized spacial score (nSPS) is 20.7. The zero-order valence-corrected chi connectivity index (χ0v) is 15.1. The average molecular weight is 357 g/mol. The minimum absolute atomic E-state index is 0.0254. The largest absolute Gasteiger partial charge is 0.337 e. The molecule has 0 unspecified atom stereocenters. The number of thiazole rings is 1. The monoisotopic (exact) mass is 357 g/mol. The van der Waals surface area contributed by atoms with Crippen molar-refractivity contribution in [2.75, 3.05) is 26.2 Å². The summed E-state index contributed by atoms with van der Waals surface area (Å²) in [4.78, 5) is 29.8. The Labute approximate surface area is 151 Å². The van der Waals surface area contributed by atoms with Crippen LogP contribution in [0.1, 0.15) is 41.2 Å². The van der Waals surface area contributed by atoms with E-state index in [-0.39, 0.29) is 11.3 Å². The molecule has 0 saturated carbocycles. The van der Waals surface area contributed by atoms with Gasteiger partial charge in [0.25, 0.3) is 5.91 Å². The molecule has 4 heterocycles. The maximum absolute atomic E-state index is 12.7. The molecule has 25 heavy (non-hydrogen) atoms. The lowest BCUT2D eigenvalue weighted by molar-refractivity contribution is 0.0194. The van der Waals surface area contributed by atoms with Gasteiger partial charge in [0.1, 0.15) is 10.7 Å². The number of aromatic nitrogens is 3. The first-order valence-corrected chi connectivity index (χ1v) is 9.78. The van der Waals surface area contributed by atoms with E-state index < -0.39 is 0 Å². The standard InChI is InChI=1S/C18H23N5OS/c24-17(15-12-19-5-6-20-15)23-8-1-2-18(14-23)3-9-22(10-4-18)13-16-21-7-11-25-16/h5-7,11-12H,1-4,8-10,13-14H2. The molecule has 1 spiro atoms. The van der Waals surface area contributed by atoms with Crippen molar-refractivity contribution in [2.24, 2.45) is 5.41 Å². The third-order valence-electron chi connectivity index (χ3n) is 5.49. The third kappa shape index (κ3) is 3.72. The third-order valence-corrected chi connectivity index (χ3v) is 6.25. The van der Waals surface area contributed by atoms with Crippen molar-refractivity contribution < 1.29 is 4.79 Å². The van der Waals surface area contributed by atoms with Crippen LogP contribution < -0.4 is 0 Å². The van der Waals surface area contributed by atoms with Crippen molar-refractivity contribution in [1.29, 1.82) is 0 Å². The molecular formula is C18H23N5OS. The van der Waals surface area contributed by atoms with Crippen molar-refractivity contribution >= 4 is 17.2 Å². The van der Waals surface area contributed by atoms with Crippen LogP contribution in [-0.2, 0) is 6.54 Å². The molecule has 0 atom stereocenters. The van der Waals surface area contributed by atoms with Crippen LogP contribution in [0.2, 0.25) is 0 Å². The van der Waals surface area contributed by atoms with Crippen LogP contribution in [0.25, 0.3) is 0 Å². The van der Waals surface area contributed by atoms with Crippen molar-refractivity contribution in [3.8, 4) is 0 Å². The molecule has 2 aliphatic rings. The second-order valence-electron chi connectivity index (χ2n) is 7.12. The van der Waals surface area contributed by atoms with Crippen LogP contribution in [0, 0.1) is 5.41 Å². The molecule has 6 nitrogen and oxygen atoms in total. The van der Waals surface area contributed by atoms with E-state index in [9.17, 15) is 4.79 Å². The molecule has 2 aromatic rings. The highest BCUT2D eigenvalue weighted by atomic mass is 32.1. The van der Waals surface area contributed by atoms with E-state index in [1.165, 1.54) is 11.4 Å². The number of hydrogen-bond donors (Lipinski definition) is 0. The number of likely N-dealkylation sites (tertiary alicyclic amines) is 2. The Kier molecular flexibility index (Phi) is 4.76. The number of amides is 1. The lowest BCUT2D eigenvalue weighted by atomic mass is 9.72. The molecule has 0 aliphatic carbocycles. The zero-order chi connectivity index (χ0) is 17.1. The number of carbonyl (C=O) groups is 1. The second kappa shape index (κ2) is 7.17. The van der Waals surface area contributed by atoms with Crippen LogP contribution in [0.5, 0.6) is 0 Å². The fraction of sp³-hybridized carbons (Fsp3) is 0.556. The van der Waals surface area contributed by atoms with Crippen molar-refractivity contribution in [3.63, 3.8) is 0 Å². The van der Waals surface area contributed by atoms with Crippen LogP contribution >= 0.6 is 11.3 Å². The van der Waals surface area contributed by atoms with Gasteiger partial charge in [0.2, 0.25) is 0 Å².